The number of aryl methyl sites for hydroxylation is 1. The Morgan fingerprint density at radius 1 is 0.617 bits per heavy atom. The van der Waals surface area contributed by atoms with Crippen molar-refractivity contribution in [3.63, 3.8) is 0 Å². The quantitative estimate of drug-likeness (QED) is 0.0425. The molecule has 0 spiro atoms. The molecule has 0 N–H and O–H groups in total. The molecule has 0 atom stereocenters. The summed E-state index contributed by atoms with van der Waals surface area (Å²) in [6, 6.07) is 6.96. The van der Waals surface area contributed by atoms with Gasteiger partial charge in [0.15, 0.2) is 17.4 Å². The van der Waals surface area contributed by atoms with E-state index in [4.69, 9.17) is 28.4 Å². The molecule has 326 valence electrons. The third-order valence-corrected chi connectivity index (χ3v) is 8.35. The highest BCUT2D eigenvalue weighted by Crippen LogP contribution is 2.34. The average molecular weight is 843 g/mol. The van der Waals surface area contributed by atoms with E-state index in [1.807, 2.05) is 6.92 Å². The van der Waals surface area contributed by atoms with Crippen LogP contribution < -0.4 is 9.47 Å². The van der Waals surface area contributed by atoms with E-state index in [0.717, 1.165) is 69.9 Å². The first-order valence-electron chi connectivity index (χ1n) is 18.9. The minimum atomic E-state index is -1.65. The van der Waals surface area contributed by atoms with Crippen LogP contribution in [-0.4, -0.2) is 89.7 Å². The van der Waals surface area contributed by atoms with Gasteiger partial charge < -0.3 is 37.9 Å². The van der Waals surface area contributed by atoms with Crippen LogP contribution in [0.5, 0.6) is 11.5 Å². The van der Waals surface area contributed by atoms with Gasteiger partial charge in [-0.3, -0.25) is 0 Å². The van der Waals surface area contributed by atoms with Gasteiger partial charge in [0.2, 0.25) is 0 Å². The highest BCUT2D eigenvalue weighted by atomic mass is 19.1. The van der Waals surface area contributed by atoms with Crippen molar-refractivity contribution in [3.8, 4) is 22.6 Å². The Hall–Kier alpha value is -6.32. The lowest BCUT2D eigenvalue weighted by Gasteiger charge is -2.32. The van der Waals surface area contributed by atoms with Crippen molar-refractivity contribution >= 4 is 35.8 Å². The van der Waals surface area contributed by atoms with Gasteiger partial charge in [-0.15, -0.1) is 0 Å². The van der Waals surface area contributed by atoms with Crippen molar-refractivity contribution in [3.05, 3.63) is 96.1 Å². The Morgan fingerprint density at radius 2 is 1.15 bits per heavy atom. The molecule has 0 bridgehead atoms. The van der Waals surface area contributed by atoms with E-state index in [2.05, 4.69) is 22.6 Å². The molecule has 0 aliphatic carbocycles. The standard InChI is InChI=1S/C44H52F2O14/c1-8-9-10-11-20-55-41-34(45)23-33(24-35(41)46)31-14-15-36(32(22-31)13-12-21-56-42(51)29(2)3)57-25-44(28-60-43(52)30(4)5,26-58-39(49)18-16-37(47)53-6)27-59-40(50)19-17-38(48)54-7/h14-19,22-24H,2,4,8-13,20-21,25-28H2,1,3,5-7H3/b18-16+,19-17+. The molecule has 0 amide bonds. The number of hydrogen-bond donors (Lipinski definition) is 0. The lowest BCUT2D eigenvalue weighted by Crippen LogP contribution is -2.44. The fourth-order valence-electron chi connectivity index (χ4n) is 4.99. The van der Waals surface area contributed by atoms with Crippen LogP contribution in [0.3, 0.4) is 0 Å². The van der Waals surface area contributed by atoms with Gasteiger partial charge in [0.1, 0.15) is 37.6 Å². The predicted octanol–water partition coefficient (Wildman–Crippen LogP) is 6.67. The molecular formula is C44H52F2O14. The van der Waals surface area contributed by atoms with Gasteiger partial charge in [0, 0.05) is 35.5 Å². The molecule has 0 aliphatic rings. The molecule has 0 saturated carbocycles. The van der Waals surface area contributed by atoms with Crippen molar-refractivity contribution in [2.75, 3.05) is 53.9 Å². The first kappa shape index (κ1) is 49.8. The Labute approximate surface area is 348 Å². The van der Waals surface area contributed by atoms with Gasteiger partial charge >= 0.3 is 35.8 Å². The Kier molecular flexibility index (Phi) is 21.5. The molecule has 60 heavy (non-hydrogen) atoms. The van der Waals surface area contributed by atoms with Crippen LogP contribution in [0.2, 0.25) is 0 Å². The maximum Gasteiger partial charge on any atom is 0.333 e. The SMILES string of the molecule is C=C(C)C(=O)OCCCc1cc(-c2cc(F)c(OCCCCCC)c(F)c2)ccc1OCC(COC(=O)/C=C/C(=O)OC)(COC(=O)/C=C/C(=O)OC)COC(=O)C(=C)C. The lowest BCUT2D eigenvalue weighted by atomic mass is 9.91. The predicted molar refractivity (Wildman–Crippen MR) is 213 cm³/mol. The zero-order chi connectivity index (χ0) is 44.7. The number of methoxy groups -OCH3 is 2. The molecule has 16 heteroatoms. The third kappa shape index (κ3) is 17.7. The van der Waals surface area contributed by atoms with E-state index in [9.17, 15) is 28.8 Å². The summed E-state index contributed by atoms with van der Waals surface area (Å²) < 4.78 is 72.6. The maximum absolute atomic E-state index is 15.2. The van der Waals surface area contributed by atoms with E-state index in [0.29, 0.717) is 17.5 Å². The zero-order valence-corrected chi connectivity index (χ0v) is 34.6. The summed E-state index contributed by atoms with van der Waals surface area (Å²) in [4.78, 5) is 73.1. The van der Waals surface area contributed by atoms with Gasteiger partial charge in [0.25, 0.3) is 0 Å². The molecular weight excluding hydrogens is 790 g/mol. The van der Waals surface area contributed by atoms with Crippen molar-refractivity contribution in [1.29, 1.82) is 0 Å². The molecule has 2 rings (SSSR count). The Morgan fingerprint density at radius 3 is 1.68 bits per heavy atom. The molecule has 2 aromatic rings. The largest absolute Gasteiger partial charge is 0.492 e. The monoisotopic (exact) mass is 842 g/mol. The number of esters is 6. The van der Waals surface area contributed by atoms with Crippen LogP contribution in [0, 0.1) is 17.0 Å². The summed E-state index contributed by atoms with van der Waals surface area (Å²) in [6.45, 7) is 9.92. The normalized spacial score (nSPS) is 11.1. The molecule has 0 aliphatic heterocycles. The Bertz CT molecular complexity index is 1850. The summed E-state index contributed by atoms with van der Waals surface area (Å²) in [5, 5.41) is 0. The Balaban J connectivity index is 2.58. The van der Waals surface area contributed by atoms with Crippen molar-refractivity contribution < 1.29 is 75.4 Å². The molecule has 0 radical (unpaired) electrons. The highest BCUT2D eigenvalue weighted by Gasteiger charge is 2.37. The topological polar surface area (TPSA) is 176 Å². The summed E-state index contributed by atoms with van der Waals surface area (Å²) in [5.41, 5.74) is -0.386. The molecule has 0 fully saturated rings. The van der Waals surface area contributed by atoms with Crippen molar-refractivity contribution in [2.45, 2.75) is 59.3 Å². The number of hydrogen-bond acceptors (Lipinski definition) is 14. The average Bonchev–Trinajstić information content (AvgIpc) is 3.23. The second-order valence-electron chi connectivity index (χ2n) is 13.6. The molecule has 0 heterocycles. The van der Waals surface area contributed by atoms with Gasteiger partial charge in [-0.2, -0.15) is 0 Å². The molecule has 14 nitrogen and oxygen atoms in total. The van der Waals surface area contributed by atoms with Crippen LogP contribution in [-0.2, 0) is 63.6 Å². The number of halogens is 2. The number of rotatable bonds is 26. The van der Waals surface area contributed by atoms with Crippen molar-refractivity contribution in [1.82, 2.24) is 0 Å². The zero-order valence-electron chi connectivity index (χ0n) is 34.6. The summed E-state index contributed by atoms with van der Waals surface area (Å²) in [7, 11) is 2.21. The van der Waals surface area contributed by atoms with Crippen LogP contribution in [0.15, 0.2) is 78.9 Å². The van der Waals surface area contributed by atoms with Gasteiger partial charge in [0.05, 0.1) is 27.4 Å². The van der Waals surface area contributed by atoms with Gasteiger partial charge in [-0.25, -0.2) is 37.5 Å². The van der Waals surface area contributed by atoms with E-state index in [-0.39, 0.29) is 48.5 Å². The van der Waals surface area contributed by atoms with E-state index in [1.165, 1.54) is 26.0 Å². The van der Waals surface area contributed by atoms with E-state index < -0.39 is 85.0 Å². The smallest absolute Gasteiger partial charge is 0.333 e. The second-order valence-corrected chi connectivity index (χ2v) is 13.6. The molecule has 0 unspecified atom stereocenters. The first-order chi connectivity index (χ1) is 28.5. The number of carbonyl (C=O) groups excluding carboxylic acids is 6. The van der Waals surface area contributed by atoms with E-state index >= 15 is 8.78 Å². The fourth-order valence-corrected chi connectivity index (χ4v) is 4.99. The summed E-state index contributed by atoms with van der Waals surface area (Å²) in [6.07, 6.45) is 7.15. The first-order valence-corrected chi connectivity index (χ1v) is 18.9. The van der Waals surface area contributed by atoms with Crippen LogP contribution in [0.1, 0.15) is 58.4 Å². The fraction of sp³-hybridized carbons (Fsp3) is 0.409. The van der Waals surface area contributed by atoms with E-state index in [1.54, 1.807) is 6.07 Å². The number of ether oxygens (including phenoxy) is 8. The number of unbranched alkanes of at least 4 members (excludes halogenated alkanes) is 3. The van der Waals surface area contributed by atoms with Crippen LogP contribution >= 0.6 is 0 Å². The molecule has 2 aromatic carbocycles. The van der Waals surface area contributed by atoms with Crippen molar-refractivity contribution in [2.24, 2.45) is 5.41 Å². The number of benzene rings is 2. The van der Waals surface area contributed by atoms with Crippen LogP contribution in [0.4, 0.5) is 8.78 Å². The minimum absolute atomic E-state index is 0.0190. The number of carbonyl (C=O) groups is 6. The maximum atomic E-state index is 15.2. The van der Waals surface area contributed by atoms with Gasteiger partial charge in [-0.05, 0) is 74.1 Å². The summed E-state index contributed by atoms with van der Waals surface area (Å²) in [5.74, 6) is -7.24. The highest BCUT2D eigenvalue weighted by molar-refractivity contribution is 5.92. The summed E-state index contributed by atoms with van der Waals surface area (Å²) >= 11 is 0. The molecule has 0 aromatic heterocycles. The third-order valence-electron chi connectivity index (χ3n) is 8.35. The second kappa shape index (κ2) is 25.9. The van der Waals surface area contributed by atoms with Crippen LogP contribution in [0.25, 0.3) is 11.1 Å². The lowest BCUT2D eigenvalue weighted by molar-refractivity contribution is -0.159. The minimum Gasteiger partial charge on any atom is -0.492 e. The van der Waals surface area contributed by atoms with Gasteiger partial charge in [-0.1, -0.05) is 45.4 Å². The molecule has 0 saturated heterocycles.